The van der Waals surface area contributed by atoms with Crippen molar-refractivity contribution in [3.8, 4) is 0 Å². The molecular weight excluding hydrogens is 743 g/mol. The number of benzene rings is 5. The van der Waals surface area contributed by atoms with E-state index in [2.05, 4.69) is 73.1 Å². The Balaban J connectivity index is 1.50. The van der Waals surface area contributed by atoms with Crippen LogP contribution in [-0.2, 0) is 19.1 Å². The first-order valence-corrected chi connectivity index (χ1v) is 20.7. The highest BCUT2D eigenvalue weighted by Crippen LogP contribution is 2.48. The highest BCUT2D eigenvalue weighted by molar-refractivity contribution is 8.00. The molecule has 3 N–H and O–H groups in total. The maximum Gasteiger partial charge on any atom is 0.408 e. The van der Waals surface area contributed by atoms with Crippen LogP contribution in [0.15, 0.2) is 140 Å². The molecule has 9 heteroatoms. The fourth-order valence-electron chi connectivity index (χ4n) is 7.14. The van der Waals surface area contributed by atoms with Crippen molar-refractivity contribution in [3.05, 3.63) is 167 Å². The van der Waals surface area contributed by atoms with Crippen molar-refractivity contribution in [2.24, 2.45) is 11.3 Å². The normalized spacial score (nSPS) is 12.8. The summed E-state index contributed by atoms with van der Waals surface area (Å²) in [5.41, 5.74) is 3.59. The Morgan fingerprint density at radius 3 is 1.64 bits per heavy atom. The van der Waals surface area contributed by atoms with Gasteiger partial charge in [-0.25, -0.2) is 4.79 Å². The second-order valence-electron chi connectivity index (χ2n) is 16.9. The van der Waals surface area contributed by atoms with E-state index in [4.69, 9.17) is 4.74 Å². The SMILES string of the molecule is CC(CC(=O)Nc1ccc(NC(=O)[C@H](CSC(c2ccccc2)(c2ccccc2)c2ccccc2)NC(=O)OC(C)(C)C)cc1C(=O)c1ccccc1)CC(C)(C)C. The smallest absolute Gasteiger partial charge is 0.408 e. The molecule has 3 amide bonds. The maximum atomic E-state index is 14.4. The molecule has 5 aromatic rings. The summed E-state index contributed by atoms with van der Waals surface area (Å²) in [6, 6.07) is 42.8. The third-order valence-electron chi connectivity index (χ3n) is 9.35. The van der Waals surface area contributed by atoms with Gasteiger partial charge < -0.3 is 20.7 Å². The largest absolute Gasteiger partial charge is 0.444 e. The van der Waals surface area contributed by atoms with Crippen LogP contribution in [0, 0.1) is 11.3 Å². The zero-order valence-corrected chi connectivity index (χ0v) is 35.3. The lowest BCUT2D eigenvalue weighted by Crippen LogP contribution is -2.48. The Bertz CT molecular complexity index is 2050. The third-order valence-corrected chi connectivity index (χ3v) is 11.0. The summed E-state index contributed by atoms with van der Waals surface area (Å²) in [5.74, 6) is -0.753. The lowest BCUT2D eigenvalue weighted by atomic mass is 9.84. The maximum absolute atomic E-state index is 14.4. The van der Waals surface area contributed by atoms with Gasteiger partial charge in [0.2, 0.25) is 11.8 Å². The molecule has 5 aromatic carbocycles. The van der Waals surface area contributed by atoms with E-state index >= 15 is 0 Å². The quantitative estimate of drug-likeness (QED) is 0.0718. The van der Waals surface area contributed by atoms with Gasteiger partial charge in [0.25, 0.3) is 0 Å². The molecule has 58 heavy (non-hydrogen) atoms. The van der Waals surface area contributed by atoms with Crippen molar-refractivity contribution in [1.82, 2.24) is 5.32 Å². The Morgan fingerprint density at radius 1 is 0.655 bits per heavy atom. The molecule has 5 rings (SSSR count). The molecule has 302 valence electrons. The highest BCUT2D eigenvalue weighted by Gasteiger charge is 2.39. The van der Waals surface area contributed by atoms with Crippen molar-refractivity contribution < 1.29 is 23.9 Å². The summed E-state index contributed by atoms with van der Waals surface area (Å²) in [5, 5.41) is 8.76. The minimum Gasteiger partial charge on any atom is -0.444 e. The van der Waals surface area contributed by atoms with Crippen LogP contribution in [0.5, 0.6) is 0 Å². The van der Waals surface area contributed by atoms with Crippen molar-refractivity contribution in [2.75, 3.05) is 16.4 Å². The topological polar surface area (TPSA) is 114 Å². The Labute approximate surface area is 347 Å². The average molecular weight is 798 g/mol. The number of ketones is 1. The molecule has 0 aromatic heterocycles. The zero-order chi connectivity index (χ0) is 41.9. The summed E-state index contributed by atoms with van der Waals surface area (Å²) in [7, 11) is 0. The first-order valence-electron chi connectivity index (χ1n) is 19.7. The van der Waals surface area contributed by atoms with E-state index in [-0.39, 0.29) is 34.3 Å². The van der Waals surface area contributed by atoms with Gasteiger partial charge in [0.15, 0.2) is 5.78 Å². The van der Waals surface area contributed by atoms with Gasteiger partial charge in [0.05, 0.1) is 10.4 Å². The molecule has 0 saturated heterocycles. The van der Waals surface area contributed by atoms with Crippen molar-refractivity contribution in [1.29, 1.82) is 0 Å². The molecular formula is C49H55N3O5S. The highest BCUT2D eigenvalue weighted by atomic mass is 32.2. The number of rotatable bonds is 15. The third kappa shape index (κ3) is 11.9. The molecule has 0 aliphatic heterocycles. The van der Waals surface area contributed by atoms with E-state index in [0.29, 0.717) is 23.4 Å². The van der Waals surface area contributed by atoms with E-state index in [1.54, 1.807) is 63.2 Å². The minimum absolute atomic E-state index is 0.0643. The fourth-order valence-corrected chi connectivity index (χ4v) is 8.70. The predicted octanol–water partition coefficient (Wildman–Crippen LogP) is 10.9. The number of thioether (sulfide) groups is 1. The Morgan fingerprint density at radius 2 is 1.16 bits per heavy atom. The number of anilines is 2. The first kappa shape index (κ1) is 43.5. The number of alkyl carbamates (subject to hydrolysis) is 1. The first-order chi connectivity index (χ1) is 27.5. The summed E-state index contributed by atoms with van der Waals surface area (Å²) in [6.45, 7) is 13.8. The van der Waals surface area contributed by atoms with Gasteiger partial charge >= 0.3 is 6.09 Å². The second kappa shape index (κ2) is 19.2. The van der Waals surface area contributed by atoms with E-state index in [1.807, 2.05) is 67.6 Å². The number of carbonyl (C=O) groups excluding carboxylic acids is 4. The van der Waals surface area contributed by atoms with E-state index in [0.717, 1.165) is 23.1 Å². The molecule has 8 nitrogen and oxygen atoms in total. The molecule has 0 aliphatic carbocycles. The van der Waals surface area contributed by atoms with Crippen LogP contribution in [0.2, 0.25) is 0 Å². The number of nitrogens with one attached hydrogen (secondary N) is 3. The van der Waals surface area contributed by atoms with Gasteiger partial charge in [0.1, 0.15) is 11.6 Å². The van der Waals surface area contributed by atoms with E-state index in [1.165, 1.54) is 11.8 Å². The van der Waals surface area contributed by atoms with Crippen LogP contribution in [0.3, 0.4) is 0 Å². The Hall–Kier alpha value is -5.67. The fraction of sp³-hybridized carbons (Fsp3) is 0.306. The predicted molar refractivity (Wildman–Crippen MR) is 236 cm³/mol. The van der Waals surface area contributed by atoms with Crippen molar-refractivity contribution in [3.63, 3.8) is 0 Å². The number of hydrogen-bond donors (Lipinski definition) is 3. The summed E-state index contributed by atoms with van der Waals surface area (Å²) in [6.07, 6.45) is 0.416. The number of carbonyl (C=O) groups is 4. The number of ether oxygens (including phenoxy) is 1. The molecule has 0 spiro atoms. The van der Waals surface area contributed by atoms with Gasteiger partial charge in [-0.15, -0.1) is 11.8 Å². The van der Waals surface area contributed by atoms with Crippen LogP contribution in [0.4, 0.5) is 16.2 Å². The average Bonchev–Trinajstić information content (AvgIpc) is 3.18. The van der Waals surface area contributed by atoms with Crippen LogP contribution >= 0.6 is 11.8 Å². The van der Waals surface area contributed by atoms with Gasteiger partial charge in [0, 0.05) is 29.0 Å². The van der Waals surface area contributed by atoms with E-state index < -0.39 is 28.4 Å². The molecule has 2 atom stereocenters. The summed E-state index contributed by atoms with van der Waals surface area (Å²) >= 11 is 1.53. The molecule has 1 unspecified atom stereocenters. The summed E-state index contributed by atoms with van der Waals surface area (Å²) in [4.78, 5) is 55.1. The minimum atomic E-state index is -1.08. The van der Waals surface area contributed by atoms with Gasteiger partial charge in [-0.05, 0) is 73.4 Å². The van der Waals surface area contributed by atoms with Crippen LogP contribution in [0.25, 0.3) is 0 Å². The molecule has 0 bridgehead atoms. The lowest BCUT2D eigenvalue weighted by molar-refractivity contribution is -0.118. The zero-order valence-electron chi connectivity index (χ0n) is 34.5. The van der Waals surface area contributed by atoms with Crippen LogP contribution < -0.4 is 16.0 Å². The molecule has 0 radical (unpaired) electrons. The second-order valence-corrected chi connectivity index (χ2v) is 18.1. The molecule has 0 saturated carbocycles. The Kier molecular flexibility index (Phi) is 14.4. The molecule has 0 heterocycles. The van der Waals surface area contributed by atoms with Crippen molar-refractivity contribution in [2.45, 2.75) is 77.7 Å². The number of hydrogen-bond acceptors (Lipinski definition) is 6. The van der Waals surface area contributed by atoms with Gasteiger partial charge in [-0.3, -0.25) is 14.4 Å². The standard InChI is InChI=1S/C49H55N3O5S/c1-34(32-47(2,3)4)30-43(53)51-41-29-28-39(31-40(41)44(54)35-20-12-8-13-21-35)50-45(55)42(52-46(56)57-48(5,6)7)33-58-49(36-22-14-9-15-23-36,37-24-16-10-17-25-37)38-26-18-11-19-27-38/h8-29,31,34,42H,30,32-33H2,1-7H3,(H,50,55)(H,51,53)(H,52,56)/t34?,42-/m0/s1. The lowest BCUT2D eigenvalue weighted by Gasteiger charge is -2.36. The molecule has 0 fully saturated rings. The monoisotopic (exact) mass is 797 g/mol. The summed E-state index contributed by atoms with van der Waals surface area (Å²) < 4.78 is 4.87. The van der Waals surface area contributed by atoms with E-state index in [9.17, 15) is 19.2 Å². The number of amides is 3. The van der Waals surface area contributed by atoms with Crippen molar-refractivity contribution >= 4 is 46.8 Å². The van der Waals surface area contributed by atoms with Gasteiger partial charge in [-0.2, -0.15) is 0 Å². The van der Waals surface area contributed by atoms with Crippen LogP contribution in [0.1, 0.15) is 93.9 Å². The molecule has 0 aliphatic rings. The van der Waals surface area contributed by atoms with Gasteiger partial charge in [-0.1, -0.05) is 149 Å². The van der Waals surface area contributed by atoms with Crippen LogP contribution in [-0.4, -0.2) is 41.1 Å².